The van der Waals surface area contributed by atoms with Crippen molar-refractivity contribution in [2.24, 2.45) is 5.73 Å². The number of nitrogens with two attached hydrogens (primary N) is 1. The summed E-state index contributed by atoms with van der Waals surface area (Å²) in [6.07, 6.45) is 0. The molecule has 0 saturated heterocycles. The lowest BCUT2D eigenvalue weighted by molar-refractivity contribution is -0.114. The van der Waals surface area contributed by atoms with Crippen molar-refractivity contribution in [1.82, 2.24) is 4.98 Å². The Morgan fingerprint density at radius 3 is 2.25 bits per heavy atom. The Kier molecular flexibility index (Phi) is 2.84. The zero-order valence-corrected chi connectivity index (χ0v) is 10.6. The molecule has 0 aliphatic heterocycles. The zero-order chi connectivity index (χ0) is 14.1. The van der Waals surface area contributed by atoms with Gasteiger partial charge in [0.15, 0.2) is 0 Å². The number of benzene rings is 2. The molecule has 1 aromatic heterocycles. The van der Waals surface area contributed by atoms with Gasteiger partial charge in [-0.2, -0.15) is 0 Å². The molecule has 98 valence electrons. The van der Waals surface area contributed by atoms with Crippen molar-refractivity contribution in [3.63, 3.8) is 0 Å². The zero-order valence-electron chi connectivity index (χ0n) is 10.6. The summed E-state index contributed by atoms with van der Waals surface area (Å²) in [5, 5.41) is 0.704. The Morgan fingerprint density at radius 2 is 1.55 bits per heavy atom. The monoisotopic (exact) mass is 264 g/mol. The number of hydrogen-bond acceptors (Lipinski definition) is 2. The Morgan fingerprint density at radius 1 is 0.900 bits per heavy atom. The fourth-order valence-corrected chi connectivity index (χ4v) is 2.32. The number of aromatic nitrogens is 1. The third kappa shape index (κ3) is 1.87. The van der Waals surface area contributed by atoms with Gasteiger partial charge in [-0.25, -0.2) is 0 Å². The van der Waals surface area contributed by atoms with E-state index < -0.39 is 11.7 Å². The summed E-state index contributed by atoms with van der Waals surface area (Å²) in [5.41, 5.74) is 7.76. The van der Waals surface area contributed by atoms with E-state index in [-0.39, 0.29) is 0 Å². The molecule has 4 heteroatoms. The molecular weight excluding hydrogens is 252 g/mol. The first-order valence-corrected chi connectivity index (χ1v) is 6.18. The summed E-state index contributed by atoms with van der Waals surface area (Å²) in [4.78, 5) is 26.6. The van der Waals surface area contributed by atoms with Crippen LogP contribution in [-0.4, -0.2) is 16.7 Å². The van der Waals surface area contributed by atoms with Crippen LogP contribution in [0.25, 0.3) is 22.2 Å². The van der Waals surface area contributed by atoms with Crippen molar-refractivity contribution in [3.05, 3.63) is 60.2 Å². The van der Waals surface area contributed by atoms with Crippen molar-refractivity contribution in [2.75, 3.05) is 0 Å². The highest BCUT2D eigenvalue weighted by molar-refractivity contribution is 6.45. The lowest BCUT2D eigenvalue weighted by atomic mass is 10.0. The van der Waals surface area contributed by atoms with Crippen LogP contribution in [0.15, 0.2) is 54.6 Å². The van der Waals surface area contributed by atoms with Gasteiger partial charge in [0.05, 0.1) is 11.3 Å². The van der Waals surface area contributed by atoms with Crippen molar-refractivity contribution in [3.8, 4) is 11.3 Å². The van der Waals surface area contributed by atoms with Crippen LogP contribution in [0.3, 0.4) is 0 Å². The average Bonchev–Trinajstić information content (AvgIpc) is 2.86. The maximum absolute atomic E-state index is 12.1. The van der Waals surface area contributed by atoms with E-state index >= 15 is 0 Å². The quantitative estimate of drug-likeness (QED) is 0.563. The molecule has 1 heterocycles. The standard InChI is InChI=1S/C16H12N2O2/c17-16(20)15(19)13-11-8-4-5-9-12(11)18-14(13)10-6-2-1-3-7-10/h1-9,18H,(H2,17,20). The lowest BCUT2D eigenvalue weighted by Crippen LogP contribution is -2.23. The van der Waals surface area contributed by atoms with E-state index in [0.29, 0.717) is 16.6 Å². The van der Waals surface area contributed by atoms with E-state index in [1.54, 1.807) is 6.07 Å². The predicted octanol–water partition coefficient (Wildman–Crippen LogP) is 2.50. The number of rotatable bonds is 3. The number of para-hydroxylation sites is 1. The first-order chi connectivity index (χ1) is 9.68. The Hall–Kier alpha value is -2.88. The smallest absolute Gasteiger partial charge is 0.289 e. The largest absolute Gasteiger partial charge is 0.363 e. The number of primary amides is 1. The van der Waals surface area contributed by atoms with Gasteiger partial charge in [0, 0.05) is 10.9 Å². The molecule has 3 N–H and O–H groups in total. The van der Waals surface area contributed by atoms with Crippen LogP contribution < -0.4 is 5.73 Å². The highest BCUT2D eigenvalue weighted by Crippen LogP contribution is 2.30. The van der Waals surface area contributed by atoms with Gasteiger partial charge >= 0.3 is 0 Å². The number of ketones is 1. The number of amides is 1. The van der Waals surface area contributed by atoms with Gasteiger partial charge in [0.2, 0.25) is 0 Å². The van der Waals surface area contributed by atoms with Crippen LogP contribution in [0.2, 0.25) is 0 Å². The molecule has 3 aromatic rings. The molecule has 0 aliphatic carbocycles. The van der Waals surface area contributed by atoms with Crippen LogP contribution in [0, 0.1) is 0 Å². The summed E-state index contributed by atoms with van der Waals surface area (Å²) in [7, 11) is 0. The fraction of sp³-hybridized carbons (Fsp3) is 0. The lowest BCUT2D eigenvalue weighted by Gasteiger charge is -2.02. The van der Waals surface area contributed by atoms with Gasteiger partial charge in [0.1, 0.15) is 0 Å². The third-order valence-corrected chi connectivity index (χ3v) is 3.22. The van der Waals surface area contributed by atoms with E-state index in [1.165, 1.54) is 0 Å². The molecule has 0 atom stereocenters. The first kappa shape index (κ1) is 12.2. The van der Waals surface area contributed by atoms with Crippen LogP contribution >= 0.6 is 0 Å². The fourth-order valence-electron chi connectivity index (χ4n) is 2.32. The minimum absolute atomic E-state index is 0.333. The number of hydrogen-bond donors (Lipinski definition) is 2. The van der Waals surface area contributed by atoms with Crippen molar-refractivity contribution < 1.29 is 9.59 Å². The molecule has 0 aliphatic rings. The first-order valence-electron chi connectivity index (χ1n) is 6.18. The Balaban J connectivity index is 2.34. The number of aromatic amines is 1. The second-order valence-corrected chi connectivity index (χ2v) is 4.48. The molecule has 1 amide bonds. The number of Topliss-reactive ketones (excluding diaryl/α,β-unsaturated/α-hetero) is 1. The molecule has 3 rings (SSSR count). The van der Waals surface area contributed by atoms with Crippen molar-refractivity contribution in [2.45, 2.75) is 0 Å². The minimum Gasteiger partial charge on any atom is -0.363 e. The van der Waals surface area contributed by atoms with Gasteiger partial charge in [-0.05, 0) is 11.6 Å². The maximum Gasteiger partial charge on any atom is 0.289 e. The molecule has 20 heavy (non-hydrogen) atoms. The highest BCUT2D eigenvalue weighted by Gasteiger charge is 2.22. The molecule has 2 aromatic carbocycles. The Labute approximate surface area is 115 Å². The normalized spacial score (nSPS) is 10.6. The van der Waals surface area contributed by atoms with Crippen molar-refractivity contribution >= 4 is 22.6 Å². The topological polar surface area (TPSA) is 76.0 Å². The predicted molar refractivity (Wildman–Crippen MR) is 77.3 cm³/mol. The second kappa shape index (κ2) is 4.66. The van der Waals surface area contributed by atoms with Crippen LogP contribution in [0.1, 0.15) is 10.4 Å². The number of H-pyrrole nitrogens is 1. The van der Waals surface area contributed by atoms with E-state index in [2.05, 4.69) is 4.98 Å². The SMILES string of the molecule is NC(=O)C(=O)c1c(-c2ccccc2)[nH]c2ccccc12. The van der Waals surface area contributed by atoms with Crippen LogP contribution in [-0.2, 0) is 4.79 Å². The molecule has 0 bridgehead atoms. The van der Waals surface area contributed by atoms with E-state index in [0.717, 1.165) is 11.1 Å². The van der Waals surface area contributed by atoms with Gasteiger partial charge in [-0.15, -0.1) is 0 Å². The molecule has 4 nitrogen and oxygen atoms in total. The third-order valence-electron chi connectivity index (χ3n) is 3.22. The highest BCUT2D eigenvalue weighted by atomic mass is 16.2. The van der Waals surface area contributed by atoms with Gasteiger partial charge in [0.25, 0.3) is 11.7 Å². The maximum atomic E-state index is 12.1. The van der Waals surface area contributed by atoms with Gasteiger partial charge in [-0.3, -0.25) is 9.59 Å². The van der Waals surface area contributed by atoms with Crippen LogP contribution in [0.4, 0.5) is 0 Å². The van der Waals surface area contributed by atoms with Crippen molar-refractivity contribution in [1.29, 1.82) is 0 Å². The van der Waals surface area contributed by atoms with E-state index in [9.17, 15) is 9.59 Å². The van der Waals surface area contributed by atoms with Gasteiger partial charge < -0.3 is 10.7 Å². The Bertz CT molecular complexity index is 804. The van der Waals surface area contributed by atoms with Gasteiger partial charge in [-0.1, -0.05) is 48.5 Å². The molecule has 0 saturated carbocycles. The molecule has 0 radical (unpaired) electrons. The number of fused-ring (bicyclic) bond motifs is 1. The second-order valence-electron chi connectivity index (χ2n) is 4.48. The molecular formula is C16H12N2O2. The number of carbonyl (C=O) groups excluding carboxylic acids is 2. The summed E-state index contributed by atoms with van der Waals surface area (Å²) in [6.45, 7) is 0. The summed E-state index contributed by atoms with van der Waals surface area (Å²) < 4.78 is 0. The van der Waals surface area contributed by atoms with Crippen LogP contribution in [0.5, 0.6) is 0 Å². The summed E-state index contributed by atoms with van der Waals surface area (Å²) >= 11 is 0. The molecule has 0 fully saturated rings. The summed E-state index contributed by atoms with van der Waals surface area (Å²) in [5.74, 6) is -1.63. The van der Waals surface area contributed by atoms with E-state index in [4.69, 9.17) is 5.73 Å². The molecule has 0 unspecified atom stereocenters. The van der Waals surface area contributed by atoms with E-state index in [1.807, 2.05) is 48.5 Å². The average molecular weight is 264 g/mol. The number of carbonyl (C=O) groups is 2. The summed E-state index contributed by atoms with van der Waals surface area (Å²) in [6, 6.07) is 16.7. The number of nitrogens with one attached hydrogen (secondary N) is 1. The minimum atomic E-state index is -0.952. The molecule has 0 spiro atoms.